The van der Waals surface area contributed by atoms with Gasteiger partial charge in [-0.2, -0.15) is 0 Å². The van der Waals surface area contributed by atoms with Gasteiger partial charge >= 0.3 is 0 Å². The van der Waals surface area contributed by atoms with Crippen molar-refractivity contribution in [1.82, 2.24) is 14.5 Å². The molecule has 0 saturated carbocycles. The quantitative estimate of drug-likeness (QED) is 0.424. The van der Waals surface area contributed by atoms with Gasteiger partial charge in [-0.15, -0.1) is 17.9 Å². The second kappa shape index (κ2) is 8.39. The zero-order valence-electron chi connectivity index (χ0n) is 16.1. The summed E-state index contributed by atoms with van der Waals surface area (Å²) in [6, 6.07) is 0. The van der Waals surface area contributed by atoms with Crippen molar-refractivity contribution in [3.05, 3.63) is 33.4 Å². The highest BCUT2D eigenvalue weighted by molar-refractivity contribution is 8.00. The summed E-state index contributed by atoms with van der Waals surface area (Å²) in [7, 11) is 0. The third-order valence-electron chi connectivity index (χ3n) is 5.30. The summed E-state index contributed by atoms with van der Waals surface area (Å²) in [5.41, 5.74) is 1.19. The molecule has 28 heavy (non-hydrogen) atoms. The molecule has 1 atom stereocenters. The second-order valence-electron chi connectivity index (χ2n) is 7.19. The Morgan fingerprint density at radius 2 is 2.11 bits per heavy atom. The first-order valence-corrected chi connectivity index (χ1v) is 11.5. The van der Waals surface area contributed by atoms with E-state index in [0.717, 1.165) is 29.5 Å². The van der Waals surface area contributed by atoms with Crippen LogP contribution < -0.4 is 5.56 Å². The Kier molecular flexibility index (Phi) is 5.89. The molecule has 0 aromatic carbocycles. The second-order valence-corrected chi connectivity index (χ2v) is 9.58. The summed E-state index contributed by atoms with van der Waals surface area (Å²) >= 11 is 3.01. The van der Waals surface area contributed by atoms with Gasteiger partial charge in [0, 0.05) is 24.5 Å². The molecule has 4 rings (SSSR count). The van der Waals surface area contributed by atoms with Crippen LogP contribution in [0.4, 0.5) is 0 Å². The smallest absolute Gasteiger partial charge is 0.263 e. The average molecular weight is 420 g/mol. The van der Waals surface area contributed by atoms with Crippen molar-refractivity contribution in [2.45, 2.75) is 49.6 Å². The lowest BCUT2D eigenvalue weighted by atomic mass is 9.97. The van der Waals surface area contributed by atoms with Crippen LogP contribution in [0.5, 0.6) is 0 Å². The minimum atomic E-state index is -0.312. The van der Waals surface area contributed by atoms with Crippen LogP contribution in [0, 0.1) is 0 Å². The molecule has 1 aliphatic heterocycles. The Morgan fingerprint density at radius 1 is 1.36 bits per heavy atom. The van der Waals surface area contributed by atoms with E-state index >= 15 is 0 Å². The molecule has 3 heterocycles. The van der Waals surface area contributed by atoms with E-state index in [0.29, 0.717) is 38.0 Å². The molecule has 8 heteroatoms. The SMILES string of the molecule is C=CCn1c(SC(C)C(=O)N2CCOCC2)nc2sc3c(c2c1=O)CCCC3. The van der Waals surface area contributed by atoms with Crippen molar-refractivity contribution in [2.24, 2.45) is 0 Å². The fraction of sp³-hybridized carbons (Fsp3) is 0.550. The fourth-order valence-electron chi connectivity index (χ4n) is 3.85. The number of aryl methyl sites for hydroxylation is 2. The number of ether oxygens (including phenoxy) is 1. The molecule has 1 amide bonds. The monoisotopic (exact) mass is 419 g/mol. The summed E-state index contributed by atoms with van der Waals surface area (Å²) in [4.78, 5) is 34.9. The van der Waals surface area contributed by atoms with E-state index < -0.39 is 0 Å². The summed E-state index contributed by atoms with van der Waals surface area (Å²) in [6.45, 7) is 8.47. The van der Waals surface area contributed by atoms with Gasteiger partial charge in [0.05, 0.1) is 23.8 Å². The van der Waals surface area contributed by atoms with Crippen LogP contribution in [0.25, 0.3) is 10.2 Å². The largest absolute Gasteiger partial charge is 0.378 e. The number of thioether (sulfide) groups is 1. The van der Waals surface area contributed by atoms with Gasteiger partial charge in [-0.05, 0) is 38.2 Å². The molecular formula is C20H25N3O3S2. The highest BCUT2D eigenvalue weighted by atomic mass is 32.2. The lowest BCUT2D eigenvalue weighted by Crippen LogP contribution is -2.44. The predicted octanol–water partition coefficient (Wildman–Crippen LogP) is 2.86. The maximum atomic E-state index is 13.3. The van der Waals surface area contributed by atoms with Crippen LogP contribution in [-0.4, -0.2) is 51.9 Å². The van der Waals surface area contributed by atoms with E-state index in [1.165, 1.54) is 28.6 Å². The Hall–Kier alpha value is -1.64. The number of rotatable bonds is 5. The topological polar surface area (TPSA) is 64.4 Å². The van der Waals surface area contributed by atoms with Crippen molar-refractivity contribution >= 4 is 39.2 Å². The molecule has 1 unspecified atom stereocenters. The minimum Gasteiger partial charge on any atom is -0.378 e. The number of allylic oxidation sites excluding steroid dienone is 1. The molecule has 2 aliphatic rings. The predicted molar refractivity (Wildman–Crippen MR) is 113 cm³/mol. The molecule has 0 bridgehead atoms. The fourth-order valence-corrected chi connectivity index (χ4v) is 6.15. The van der Waals surface area contributed by atoms with Crippen LogP contribution in [0.15, 0.2) is 22.6 Å². The number of aromatic nitrogens is 2. The first-order chi connectivity index (χ1) is 13.6. The standard InChI is InChI=1S/C20H25N3O3S2/c1-3-8-23-19(25)16-14-6-4-5-7-15(14)28-17(16)21-20(23)27-13(2)18(24)22-9-11-26-12-10-22/h3,13H,1,4-12H2,2H3. The van der Waals surface area contributed by atoms with Crippen molar-refractivity contribution in [1.29, 1.82) is 0 Å². The van der Waals surface area contributed by atoms with Crippen LogP contribution >= 0.6 is 23.1 Å². The Morgan fingerprint density at radius 3 is 2.86 bits per heavy atom. The molecule has 1 saturated heterocycles. The van der Waals surface area contributed by atoms with Gasteiger partial charge in [0.1, 0.15) is 4.83 Å². The van der Waals surface area contributed by atoms with Gasteiger partial charge in [0.25, 0.3) is 5.56 Å². The molecule has 6 nitrogen and oxygen atoms in total. The Bertz CT molecular complexity index is 960. The summed E-state index contributed by atoms with van der Waals surface area (Å²) in [5.74, 6) is 0.0678. The van der Waals surface area contributed by atoms with Crippen LogP contribution in [0.3, 0.4) is 0 Å². The van der Waals surface area contributed by atoms with E-state index in [9.17, 15) is 9.59 Å². The van der Waals surface area contributed by atoms with Crippen LogP contribution in [0.1, 0.15) is 30.2 Å². The summed E-state index contributed by atoms with van der Waals surface area (Å²) in [5, 5.41) is 1.07. The third kappa shape index (κ3) is 3.65. The highest BCUT2D eigenvalue weighted by Crippen LogP contribution is 2.35. The number of carbonyl (C=O) groups excluding carboxylic acids is 1. The van der Waals surface area contributed by atoms with E-state index in [-0.39, 0.29) is 16.7 Å². The minimum absolute atomic E-state index is 0.00202. The number of nitrogens with zero attached hydrogens (tertiary/aromatic N) is 3. The molecule has 150 valence electrons. The molecular weight excluding hydrogens is 394 g/mol. The lowest BCUT2D eigenvalue weighted by Gasteiger charge is -2.29. The van der Waals surface area contributed by atoms with Gasteiger partial charge in [0.2, 0.25) is 5.91 Å². The molecule has 0 radical (unpaired) electrons. The zero-order chi connectivity index (χ0) is 19.7. The number of hydrogen-bond acceptors (Lipinski definition) is 6. The van der Waals surface area contributed by atoms with Crippen molar-refractivity contribution in [3.8, 4) is 0 Å². The van der Waals surface area contributed by atoms with Crippen LogP contribution in [0.2, 0.25) is 0 Å². The maximum Gasteiger partial charge on any atom is 0.263 e. The first-order valence-electron chi connectivity index (χ1n) is 9.79. The third-order valence-corrected chi connectivity index (χ3v) is 7.57. The van der Waals surface area contributed by atoms with E-state index in [1.807, 2.05) is 11.8 Å². The van der Waals surface area contributed by atoms with Crippen LogP contribution in [-0.2, 0) is 28.9 Å². The molecule has 1 fully saturated rings. The maximum absolute atomic E-state index is 13.3. The first kappa shape index (κ1) is 19.7. The van der Waals surface area contributed by atoms with Gasteiger partial charge < -0.3 is 9.64 Å². The molecule has 2 aromatic rings. The molecule has 0 N–H and O–H groups in total. The number of carbonyl (C=O) groups is 1. The number of hydrogen-bond donors (Lipinski definition) is 0. The Labute approximate surface area is 172 Å². The molecule has 1 aliphatic carbocycles. The number of morpholine rings is 1. The summed E-state index contributed by atoms with van der Waals surface area (Å²) in [6.07, 6.45) is 6.01. The van der Waals surface area contributed by atoms with Gasteiger partial charge in [0.15, 0.2) is 5.16 Å². The van der Waals surface area contributed by atoms with E-state index in [2.05, 4.69) is 6.58 Å². The van der Waals surface area contributed by atoms with Crippen molar-refractivity contribution < 1.29 is 9.53 Å². The summed E-state index contributed by atoms with van der Waals surface area (Å²) < 4.78 is 7.01. The Balaban J connectivity index is 1.69. The average Bonchev–Trinajstić information content (AvgIpc) is 3.09. The van der Waals surface area contributed by atoms with Gasteiger partial charge in [-0.3, -0.25) is 14.2 Å². The van der Waals surface area contributed by atoms with Crippen molar-refractivity contribution in [3.63, 3.8) is 0 Å². The van der Waals surface area contributed by atoms with Gasteiger partial charge in [-0.25, -0.2) is 4.98 Å². The highest BCUT2D eigenvalue weighted by Gasteiger charge is 2.27. The zero-order valence-corrected chi connectivity index (χ0v) is 17.7. The van der Waals surface area contributed by atoms with E-state index in [1.54, 1.807) is 22.0 Å². The molecule has 2 aromatic heterocycles. The van der Waals surface area contributed by atoms with E-state index in [4.69, 9.17) is 9.72 Å². The lowest BCUT2D eigenvalue weighted by molar-refractivity contribution is -0.134. The van der Waals surface area contributed by atoms with Crippen molar-refractivity contribution in [2.75, 3.05) is 26.3 Å². The number of thiophene rings is 1. The number of amides is 1. The van der Waals surface area contributed by atoms with Gasteiger partial charge in [-0.1, -0.05) is 17.8 Å². The number of fused-ring (bicyclic) bond motifs is 3. The normalized spacial score (nSPS) is 18.1. The molecule has 0 spiro atoms.